The van der Waals surface area contributed by atoms with E-state index in [0.717, 1.165) is 35.0 Å². The molecule has 1 heterocycles. The lowest BCUT2D eigenvalue weighted by atomic mass is 9.96. The first-order valence-corrected chi connectivity index (χ1v) is 6.40. The number of rotatable bonds is 2. The van der Waals surface area contributed by atoms with E-state index in [4.69, 9.17) is 5.84 Å². The maximum absolute atomic E-state index is 11.9. The summed E-state index contributed by atoms with van der Waals surface area (Å²) < 4.78 is 1.73. The Morgan fingerprint density at radius 2 is 2.11 bits per heavy atom. The molecule has 0 atom stereocenters. The van der Waals surface area contributed by atoms with Gasteiger partial charge in [-0.25, -0.2) is 9.59 Å². The summed E-state index contributed by atoms with van der Waals surface area (Å²) in [5.41, 5.74) is -0.597. The Morgan fingerprint density at radius 3 is 2.67 bits per heavy atom. The standard InChI is InChI=1S/C11H19N5O2/c1-2-9-14-16(11(18)15(9)12)10(17)13-8-6-4-3-5-7-8/h8H,2-7,12H2,1H3,(H,13,17). The minimum absolute atomic E-state index is 0.145. The predicted molar refractivity (Wildman–Crippen MR) is 66.8 cm³/mol. The molecule has 1 saturated carbocycles. The lowest BCUT2D eigenvalue weighted by Gasteiger charge is -2.22. The zero-order valence-electron chi connectivity index (χ0n) is 10.6. The van der Waals surface area contributed by atoms with Crippen LogP contribution in [0.3, 0.4) is 0 Å². The van der Waals surface area contributed by atoms with Gasteiger partial charge in [-0.05, 0) is 12.8 Å². The number of nitrogen functional groups attached to an aromatic ring is 1. The molecule has 0 spiro atoms. The van der Waals surface area contributed by atoms with Crippen LogP contribution in [0.5, 0.6) is 0 Å². The van der Waals surface area contributed by atoms with Gasteiger partial charge in [0.25, 0.3) is 0 Å². The Bertz CT molecular complexity index is 484. The molecule has 3 N–H and O–H groups in total. The van der Waals surface area contributed by atoms with E-state index in [1.165, 1.54) is 6.42 Å². The molecule has 1 aliphatic rings. The van der Waals surface area contributed by atoms with Gasteiger partial charge in [0.2, 0.25) is 0 Å². The maximum atomic E-state index is 11.9. The van der Waals surface area contributed by atoms with Crippen LogP contribution in [-0.4, -0.2) is 26.5 Å². The van der Waals surface area contributed by atoms with Crippen LogP contribution in [0.25, 0.3) is 0 Å². The summed E-state index contributed by atoms with van der Waals surface area (Å²) >= 11 is 0. The van der Waals surface area contributed by atoms with Crippen LogP contribution in [-0.2, 0) is 6.42 Å². The fourth-order valence-electron chi connectivity index (χ4n) is 2.27. The second kappa shape index (κ2) is 5.24. The smallest absolute Gasteiger partial charge is 0.333 e. The summed E-state index contributed by atoms with van der Waals surface area (Å²) in [6.07, 6.45) is 5.88. The van der Waals surface area contributed by atoms with Crippen molar-refractivity contribution in [3.05, 3.63) is 16.3 Å². The van der Waals surface area contributed by atoms with E-state index in [1.807, 2.05) is 6.92 Å². The molecule has 1 aromatic rings. The van der Waals surface area contributed by atoms with Crippen LogP contribution in [0.4, 0.5) is 4.79 Å². The second-order valence-electron chi connectivity index (χ2n) is 4.62. The molecule has 100 valence electrons. The van der Waals surface area contributed by atoms with Gasteiger partial charge >= 0.3 is 11.7 Å². The van der Waals surface area contributed by atoms with Gasteiger partial charge in [-0.2, -0.15) is 4.68 Å². The minimum Gasteiger partial charge on any atom is -0.333 e. The summed E-state index contributed by atoms with van der Waals surface area (Å²) in [7, 11) is 0. The summed E-state index contributed by atoms with van der Waals surface area (Å²) in [6.45, 7) is 1.83. The highest BCUT2D eigenvalue weighted by Gasteiger charge is 2.20. The van der Waals surface area contributed by atoms with Gasteiger partial charge in [0.1, 0.15) is 0 Å². The maximum Gasteiger partial charge on any atom is 0.373 e. The third-order valence-corrected chi connectivity index (χ3v) is 3.32. The Balaban J connectivity index is 2.11. The average molecular weight is 253 g/mol. The van der Waals surface area contributed by atoms with Crippen molar-refractivity contribution in [3.63, 3.8) is 0 Å². The summed E-state index contributed by atoms with van der Waals surface area (Å²) in [5.74, 6) is 5.93. The number of aromatic nitrogens is 3. The highest BCUT2D eigenvalue weighted by Crippen LogP contribution is 2.17. The molecule has 2 rings (SSSR count). The second-order valence-corrected chi connectivity index (χ2v) is 4.62. The van der Waals surface area contributed by atoms with Crippen molar-refractivity contribution < 1.29 is 4.79 Å². The first kappa shape index (κ1) is 12.7. The molecular formula is C11H19N5O2. The zero-order chi connectivity index (χ0) is 13.1. The van der Waals surface area contributed by atoms with Gasteiger partial charge in [0.15, 0.2) is 5.82 Å². The number of nitrogens with two attached hydrogens (primary N) is 1. The van der Waals surface area contributed by atoms with Crippen LogP contribution in [0, 0.1) is 0 Å². The van der Waals surface area contributed by atoms with Gasteiger partial charge in [-0.3, -0.25) is 0 Å². The van der Waals surface area contributed by atoms with E-state index in [9.17, 15) is 9.59 Å². The molecule has 1 amide bonds. The lowest BCUT2D eigenvalue weighted by Crippen LogP contribution is -2.44. The number of carbonyl (C=O) groups is 1. The third kappa shape index (κ3) is 2.39. The molecule has 7 nitrogen and oxygen atoms in total. The van der Waals surface area contributed by atoms with Gasteiger partial charge in [0, 0.05) is 12.5 Å². The van der Waals surface area contributed by atoms with E-state index in [-0.39, 0.29) is 6.04 Å². The van der Waals surface area contributed by atoms with Gasteiger partial charge in [-0.15, -0.1) is 9.78 Å². The molecule has 0 radical (unpaired) electrons. The molecule has 1 fully saturated rings. The van der Waals surface area contributed by atoms with E-state index in [0.29, 0.717) is 12.2 Å². The number of nitrogens with one attached hydrogen (secondary N) is 1. The molecule has 0 unspecified atom stereocenters. The highest BCUT2D eigenvalue weighted by molar-refractivity contribution is 5.75. The molecular weight excluding hydrogens is 234 g/mol. The predicted octanol–water partition coefficient (Wildman–Crippen LogP) is 0.211. The first-order chi connectivity index (χ1) is 8.63. The summed E-state index contributed by atoms with van der Waals surface area (Å²) in [5, 5.41) is 6.76. The van der Waals surface area contributed by atoms with Crippen molar-refractivity contribution in [2.24, 2.45) is 0 Å². The van der Waals surface area contributed by atoms with Crippen molar-refractivity contribution in [1.29, 1.82) is 0 Å². The van der Waals surface area contributed by atoms with E-state index >= 15 is 0 Å². The molecule has 1 aliphatic carbocycles. The molecule has 0 saturated heterocycles. The van der Waals surface area contributed by atoms with E-state index in [2.05, 4.69) is 10.4 Å². The van der Waals surface area contributed by atoms with Gasteiger partial charge in [-0.1, -0.05) is 26.2 Å². The molecule has 0 aliphatic heterocycles. The average Bonchev–Trinajstić information content (AvgIpc) is 2.67. The number of aryl methyl sites for hydroxylation is 1. The van der Waals surface area contributed by atoms with Crippen LogP contribution < -0.4 is 16.8 Å². The number of carbonyl (C=O) groups excluding carboxylic acids is 1. The summed E-state index contributed by atoms with van der Waals surface area (Å²) in [6, 6.07) is -0.336. The third-order valence-electron chi connectivity index (χ3n) is 3.32. The topological polar surface area (TPSA) is 94.9 Å². The van der Waals surface area contributed by atoms with Crippen LogP contribution >= 0.6 is 0 Å². The van der Waals surface area contributed by atoms with Crippen molar-refractivity contribution >= 4 is 6.03 Å². The Morgan fingerprint density at radius 1 is 1.44 bits per heavy atom. The van der Waals surface area contributed by atoms with Gasteiger partial charge < -0.3 is 11.2 Å². The minimum atomic E-state index is -0.597. The van der Waals surface area contributed by atoms with Crippen molar-refractivity contribution in [2.45, 2.75) is 51.5 Å². The Kier molecular flexibility index (Phi) is 3.69. The normalized spacial score (nSPS) is 16.7. The van der Waals surface area contributed by atoms with E-state index < -0.39 is 11.7 Å². The van der Waals surface area contributed by atoms with Crippen molar-refractivity contribution in [2.75, 3.05) is 5.84 Å². The van der Waals surface area contributed by atoms with Crippen LogP contribution in [0.2, 0.25) is 0 Å². The van der Waals surface area contributed by atoms with Crippen molar-refractivity contribution in [1.82, 2.24) is 19.8 Å². The molecule has 18 heavy (non-hydrogen) atoms. The number of hydrogen-bond donors (Lipinski definition) is 2. The van der Waals surface area contributed by atoms with Crippen LogP contribution in [0.15, 0.2) is 4.79 Å². The quantitative estimate of drug-likeness (QED) is 0.737. The molecule has 7 heteroatoms. The Labute approximate surface area is 105 Å². The molecule has 1 aromatic heterocycles. The van der Waals surface area contributed by atoms with E-state index in [1.54, 1.807) is 0 Å². The highest BCUT2D eigenvalue weighted by atomic mass is 16.2. The molecule has 0 bridgehead atoms. The molecule has 0 aromatic carbocycles. The number of amides is 1. The zero-order valence-corrected chi connectivity index (χ0v) is 10.6. The van der Waals surface area contributed by atoms with Crippen LogP contribution in [0.1, 0.15) is 44.9 Å². The fourth-order valence-corrected chi connectivity index (χ4v) is 2.27. The number of nitrogens with zero attached hydrogens (tertiary/aromatic N) is 3. The fraction of sp³-hybridized carbons (Fsp3) is 0.727. The largest absolute Gasteiger partial charge is 0.373 e. The monoisotopic (exact) mass is 253 g/mol. The van der Waals surface area contributed by atoms with Crippen molar-refractivity contribution in [3.8, 4) is 0 Å². The first-order valence-electron chi connectivity index (χ1n) is 6.40. The Hall–Kier alpha value is -1.79. The summed E-state index contributed by atoms with van der Waals surface area (Å²) in [4.78, 5) is 23.6. The lowest BCUT2D eigenvalue weighted by molar-refractivity contribution is 0.230. The van der Waals surface area contributed by atoms with Gasteiger partial charge in [0.05, 0.1) is 0 Å². The number of hydrogen-bond acceptors (Lipinski definition) is 4. The SMILES string of the molecule is CCc1nn(C(=O)NC2CCCCC2)c(=O)n1N.